The predicted molar refractivity (Wildman–Crippen MR) is 72.7 cm³/mol. The van der Waals surface area contributed by atoms with Crippen LogP contribution in [0.3, 0.4) is 0 Å². The summed E-state index contributed by atoms with van der Waals surface area (Å²) in [5.41, 5.74) is 0.678. The molecule has 0 radical (unpaired) electrons. The van der Waals surface area contributed by atoms with Crippen LogP contribution in [-0.2, 0) is 9.53 Å². The first-order valence-electron chi connectivity index (χ1n) is 5.73. The van der Waals surface area contributed by atoms with Crippen LogP contribution >= 0.6 is 27.3 Å². The van der Waals surface area contributed by atoms with Crippen LogP contribution in [-0.4, -0.2) is 37.0 Å². The summed E-state index contributed by atoms with van der Waals surface area (Å²) in [5.74, 6) is -0.417. The first-order chi connectivity index (χ1) is 8.61. The van der Waals surface area contributed by atoms with Crippen LogP contribution in [0.4, 0.5) is 0 Å². The van der Waals surface area contributed by atoms with Crippen LogP contribution in [0.2, 0.25) is 0 Å². The van der Waals surface area contributed by atoms with Crippen molar-refractivity contribution in [3.8, 4) is 0 Å². The minimum atomic E-state index is -0.223. The average Bonchev–Trinajstić information content (AvgIpc) is 2.83. The number of carbonyl (C=O) groups excluding carboxylic acids is 2. The Morgan fingerprint density at radius 1 is 1.56 bits per heavy atom. The molecule has 0 bridgehead atoms. The van der Waals surface area contributed by atoms with Crippen LogP contribution in [0, 0.1) is 5.92 Å². The second kappa shape index (κ2) is 5.84. The quantitative estimate of drug-likeness (QED) is 0.782. The van der Waals surface area contributed by atoms with E-state index < -0.39 is 0 Å². The van der Waals surface area contributed by atoms with Gasteiger partial charge in [0.15, 0.2) is 0 Å². The van der Waals surface area contributed by atoms with Crippen molar-refractivity contribution in [2.75, 3.05) is 20.2 Å². The van der Waals surface area contributed by atoms with Gasteiger partial charge in [-0.05, 0) is 34.8 Å². The number of thiophene rings is 1. The van der Waals surface area contributed by atoms with E-state index in [9.17, 15) is 9.59 Å². The normalized spacial score (nSPS) is 19.7. The van der Waals surface area contributed by atoms with Crippen molar-refractivity contribution in [3.63, 3.8) is 0 Å². The summed E-state index contributed by atoms with van der Waals surface area (Å²) in [6, 6.07) is 1.81. The highest BCUT2D eigenvalue weighted by molar-refractivity contribution is 9.11. The van der Waals surface area contributed by atoms with Crippen molar-refractivity contribution < 1.29 is 14.3 Å². The number of halogens is 1. The van der Waals surface area contributed by atoms with Crippen LogP contribution in [0.25, 0.3) is 0 Å². The first kappa shape index (κ1) is 13.5. The molecule has 1 saturated heterocycles. The van der Waals surface area contributed by atoms with E-state index in [1.165, 1.54) is 18.4 Å². The zero-order valence-corrected chi connectivity index (χ0v) is 12.4. The summed E-state index contributed by atoms with van der Waals surface area (Å²) < 4.78 is 5.68. The molecule has 0 N–H and O–H groups in total. The highest BCUT2D eigenvalue weighted by Crippen LogP contribution is 2.24. The van der Waals surface area contributed by atoms with Crippen LogP contribution in [0.1, 0.15) is 23.2 Å². The predicted octanol–water partition coefficient (Wildman–Crippen LogP) is 2.54. The summed E-state index contributed by atoms with van der Waals surface area (Å²) in [6.07, 6.45) is 1.64. The highest BCUT2D eigenvalue weighted by atomic mass is 79.9. The van der Waals surface area contributed by atoms with Gasteiger partial charge in [-0.1, -0.05) is 0 Å². The van der Waals surface area contributed by atoms with Gasteiger partial charge in [-0.2, -0.15) is 0 Å². The Kier molecular flexibility index (Phi) is 4.40. The Bertz CT molecular complexity index is 460. The maximum atomic E-state index is 12.2. The van der Waals surface area contributed by atoms with Gasteiger partial charge >= 0.3 is 5.97 Å². The van der Waals surface area contributed by atoms with E-state index in [0.717, 1.165) is 16.6 Å². The molecule has 0 saturated carbocycles. The zero-order valence-electron chi connectivity index (χ0n) is 10.0. The van der Waals surface area contributed by atoms with Crippen LogP contribution < -0.4 is 0 Å². The Hall–Kier alpha value is -0.880. The molecule has 2 heterocycles. The molecule has 1 fully saturated rings. The number of amides is 1. The molecule has 0 aliphatic carbocycles. The molecule has 0 unspecified atom stereocenters. The lowest BCUT2D eigenvalue weighted by molar-refractivity contribution is -0.146. The van der Waals surface area contributed by atoms with E-state index in [2.05, 4.69) is 15.9 Å². The molecule has 1 amide bonds. The first-order valence-corrected chi connectivity index (χ1v) is 7.40. The Balaban J connectivity index is 2.05. The molecule has 6 heteroatoms. The van der Waals surface area contributed by atoms with Gasteiger partial charge < -0.3 is 9.64 Å². The number of ether oxygens (including phenoxy) is 1. The van der Waals surface area contributed by atoms with Gasteiger partial charge in [0.25, 0.3) is 5.91 Å². The van der Waals surface area contributed by atoms with Crippen molar-refractivity contribution in [3.05, 3.63) is 20.8 Å². The molecule has 4 nitrogen and oxygen atoms in total. The number of piperidine rings is 1. The molecule has 1 aliphatic rings. The molecule has 1 aliphatic heterocycles. The van der Waals surface area contributed by atoms with E-state index >= 15 is 0 Å². The highest BCUT2D eigenvalue weighted by Gasteiger charge is 2.29. The summed E-state index contributed by atoms with van der Waals surface area (Å²) in [6.45, 7) is 1.17. The molecule has 1 aromatic rings. The molecule has 0 aromatic carbocycles. The largest absolute Gasteiger partial charge is 0.469 e. The van der Waals surface area contributed by atoms with Crippen molar-refractivity contribution in [2.45, 2.75) is 12.8 Å². The van der Waals surface area contributed by atoms with Crippen molar-refractivity contribution in [2.24, 2.45) is 5.92 Å². The smallest absolute Gasteiger partial charge is 0.310 e. The minimum Gasteiger partial charge on any atom is -0.469 e. The Morgan fingerprint density at radius 2 is 2.33 bits per heavy atom. The summed E-state index contributed by atoms with van der Waals surface area (Å²) in [7, 11) is 1.39. The molecule has 1 aromatic heterocycles. The maximum Gasteiger partial charge on any atom is 0.310 e. The Morgan fingerprint density at radius 3 is 2.94 bits per heavy atom. The summed E-state index contributed by atoms with van der Waals surface area (Å²) in [5, 5.41) is 1.83. The maximum absolute atomic E-state index is 12.2. The second-order valence-electron chi connectivity index (χ2n) is 4.25. The van der Waals surface area contributed by atoms with Gasteiger partial charge in [0.1, 0.15) is 0 Å². The Labute approximate surface area is 118 Å². The fraction of sp³-hybridized carbons (Fsp3) is 0.500. The number of carbonyl (C=O) groups is 2. The van der Waals surface area contributed by atoms with Gasteiger partial charge in [0.05, 0.1) is 22.4 Å². The summed E-state index contributed by atoms with van der Waals surface area (Å²) >= 11 is 4.83. The lowest BCUT2D eigenvalue weighted by Gasteiger charge is -2.31. The van der Waals surface area contributed by atoms with Gasteiger partial charge in [0.2, 0.25) is 0 Å². The van der Waals surface area contributed by atoms with Gasteiger partial charge in [0, 0.05) is 18.5 Å². The lowest BCUT2D eigenvalue weighted by Crippen LogP contribution is -2.42. The number of rotatable bonds is 2. The fourth-order valence-electron chi connectivity index (χ4n) is 2.13. The van der Waals surface area contributed by atoms with Crippen LogP contribution in [0.15, 0.2) is 15.2 Å². The van der Waals surface area contributed by atoms with Crippen molar-refractivity contribution in [1.29, 1.82) is 0 Å². The third kappa shape index (κ3) is 2.92. The molecular weight excluding hydrogens is 318 g/mol. The minimum absolute atomic E-state index is 0.00875. The number of nitrogens with zero attached hydrogens (tertiary/aromatic N) is 1. The molecule has 1 atom stereocenters. The van der Waals surface area contributed by atoms with Crippen molar-refractivity contribution in [1.82, 2.24) is 4.90 Å². The standard InChI is InChI=1S/C12H14BrNO3S/c1-17-12(16)8-3-2-4-14(6-8)11(15)9-5-10(13)18-7-9/h5,7-8H,2-4,6H2,1H3/t8-/m0/s1. The third-order valence-corrected chi connectivity index (χ3v) is 4.56. The molecule has 98 valence electrons. The SMILES string of the molecule is COC(=O)[C@H]1CCCN(C(=O)c2csc(Br)c2)C1. The van der Waals surface area contributed by atoms with Crippen LogP contribution in [0.5, 0.6) is 0 Å². The van der Waals surface area contributed by atoms with E-state index in [1.54, 1.807) is 4.90 Å². The number of hydrogen-bond acceptors (Lipinski definition) is 4. The third-order valence-electron chi connectivity index (χ3n) is 3.06. The lowest BCUT2D eigenvalue weighted by atomic mass is 9.98. The van der Waals surface area contributed by atoms with Gasteiger partial charge in [-0.15, -0.1) is 11.3 Å². The molecule has 2 rings (SSSR count). The molecule has 18 heavy (non-hydrogen) atoms. The van der Waals surface area contributed by atoms with E-state index in [0.29, 0.717) is 18.7 Å². The molecule has 0 spiro atoms. The van der Waals surface area contributed by atoms with Crippen molar-refractivity contribution >= 4 is 39.1 Å². The van der Waals surface area contributed by atoms with Gasteiger partial charge in [-0.3, -0.25) is 9.59 Å². The monoisotopic (exact) mass is 331 g/mol. The van der Waals surface area contributed by atoms with Gasteiger partial charge in [-0.25, -0.2) is 0 Å². The summed E-state index contributed by atoms with van der Waals surface area (Å²) in [4.78, 5) is 25.5. The molecular formula is C12H14BrNO3S. The number of methoxy groups -OCH3 is 1. The van der Waals surface area contributed by atoms with E-state index in [4.69, 9.17) is 4.74 Å². The number of likely N-dealkylation sites (tertiary alicyclic amines) is 1. The van der Waals surface area contributed by atoms with E-state index in [-0.39, 0.29) is 17.8 Å². The van der Waals surface area contributed by atoms with E-state index in [1.807, 2.05) is 11.4 Å². The average molecular weight is 332 g/mol. The topological polar surface area (TPSA) is 46.6 Å². The fourth-order valence-corrected chi connectivity index (χ4v) is 3.26. The number of esters is 1. The zero-order chi connectivity index (χ0) is 13.1. The number of hydrogen-bond donors (Lipinski definition) is 0. The second-order valence-corrected chi connectivity index (χ2v) is 6.54.